The zero-order valence-electron chi connectivity index (χ0n) is 21.7. The molecule has 1 aliphatic heterocycles. The molecule has 4 rings (SSSR count). The second-order valence-corrected chi connectivity index (χ2v) is 9.98. The summed E-state index contributed by atoms with van der Waals surface area (Å²) < 4.78 is 0. The van der Waals surface area contributed by atoms with Crippen molar-refractivity contribution in [2.24, 2.45) is 5.92 Å². The highest BCUT2D eigenvalue weighted by molar-refractivity contribution is 6.04. The van der Waals surface area contributed by atoms with Crippen molar-refractivity contribution < 1.29 is 14.4 Å². The van der Waals surface area contributed by atoms with Gasteiger partial charge in [-0.25, -0.2) is 0 Å². The zero-order valence-corrected chi connectivity index (χ0v) is 21.7. The van der Waals surface area contributed by atoms with Gasteiger partial charge in [-0.15, -0.1) is 0 Å². The van der Waals surface area contributed by atoms with Crippen LogP contribution in [-0.2, 0) is 20.9 Å². The lowest BCUT2D eigenvalue weighted by Crippen LogP contribution is -2.52. The molecule has 1 aliphatic rings. The molecule has 6 heteroatoms. The van der Waals surface area contributed by atoms with Crippen LogP contribution in [0.2, 0.25) is 0 Å². The molecular weight excluding hydrogens is 450 g/mol. The summed E-state index contributed by atoms with van der Waals surface area (Å²) in [6, 6.07) is 18.7. The first-order valence-electron chi connectivity index (χ1n) is 12.6. The predicted octanol–water partition coefficient (Wildman–Crippen LogP) is 4.49. The number of amides is 2. The van der Waals surface area contributed by atoms with Crippen molar-refractivity contribution in [3.63, 3.8) is 0 Å². The van der Waals surface area contributed by atoms with E-state index in [1.165, 1.54) is 0 Å². The second kappa shape index (κ2) is 10.6. The largest absolute Gasteiger partial charge is 0.343 e. The topological polar surface area (TPSA) is 78.5 Å². The molecule has 0 spiro atoms. The van der Waals surface area contributed by atoms with Crippen molar-refractivity contribution in [3.8, 4) is 0 Å². The summed E-state index contributed by atoms with van der Waals surface area (Å²) in [6.07, 6.45) is 0.236. The number of aryl methyl sites for hydroxylation is 1. The number of hydrogen-bond acceptors (Lipinski definition) is 4. The lowest BCUT2D eigenvalue weighted by atomic mass is 9.84. The van der Waals surface area contributed by atoms with Crippen LogP contribution in [0.25, 0.3) is 10.8 Å². The van der Waals surface area contributed by atoms with Crippen molar-refractivity contribution in [1.82, 2.24) is 10.6 Å². The van der Waals surface area contributed by atoms with Gasteiger partial charge < -0.3 is 15.5 Å². The summed E-state index contributed by atoms with van der Waals surface area (Å²) in [5.74, 6) is -1.08. The molecule has 0 radical (unpaired) electrons. The Balaban J connectivity index is 1.85. The van der Waals surface area contributed by atoms with Gasteiger partial charge in [0, 0.05) is 17.5 Å². The number of nitrogens with zero attached hydrogens (tertiary/aromatic N) is 1. The normalized spacial score (nSPS) is 18.6. The van der Waals surface area contributed by atoms with Crippen LogP contribution in [-0.4, -0.2) is 36.7 Å². The molecule has 0 aliphatic carbocycles. The van der Waals surface area contributed by atoms with E-state index in [1.54, 1.807) is 18.9 Å². The molecule has 2 amide bonds. The van der Waals surface area contributed by atoms with Crippen LogP contribution in [0.1, 0.15) is 49.8 Å². The van der Waals surface area contributed by atoms with E-state index in [-0.39, 0.29) is 29.9 Å². The van der Waals surface area contributed by atoms with Crippen LogP contribution in [0, 0.1) is 12.8 Å². The summed E-state index contributed by atoms with van der Waals surface area (Å²) in [5.41, 5.74) is 3.70. The van der Waals surface area contributed by atoms with Crippen LogP contribution < -0.4 is 15.5 Å². The third kappa shape index (κ3) is 4.91. The van der Waals surface area contributed by atoms with Crippen LogP contribution in [0.3, 0.4) is 0 Å². The molecular formula is C30H35N3O3. The van der Waals surface area contributed by atoms with E-state index in [4.69, 9.17) is 0 Å². The summed E-state index contributed by atoms with van der Waals surface area (Å²) in [7, 11) is 1.70. The summed E-state index contributed by atoms with van der Waals surface area (Å²) in [6.45, 7) is 7.91. The van der Waals surface area contributed by atoms with Crippen LogP contribution >= 0.6 is 0 Å². The fourth-order valence-corrected chi connectivity index (χ4v) is 4.99. The van der Waals surface area contributed by atoms with Gasteiger partial charge in [-0.05, 0) is 60.8 Å². The Labute approximate surface area is 213 Å². The number of likely N-dealkylation sites (N-methyl/N-ethyl adjacent to an activating group) is 1. The van der Waals surface area contributed by atoms with Gasteiger partial charge in [0.2, 0.25) is 11.8 Å². The number of rotatable bonds is 7. The van der Waals surface area contributed by atoms with E-state index in [1.807, 2.05) is 50.2 Å². The summed E-state index contributed by atoms with van der Waals surface area (Å²) in [5, 5.41) is 8.06. The van der Waals surface area contributed by atoms with E-state index in [9.17, 15) is 14.4 Å². The number of carbonyl (C=O) groups is 3. The Hall–Kier alpha value is -3.51. The number of Topliss-reactive ketones (excluding diaryl/α,β-unsaturated/α-hetero) is 1. The van der Waals surface area contributed by atoms with E-state index in [2.05, 4.69) is 41.8 Å². The van der Waals surface area contributed by atoms with Crippen molar-refractivity contribution in [1.29, 1.82) is 0 Å². The van der Waals surface area contributed by atoms with Crippen molar-refractivity contribution in [2.45, 2.75) is 58.7 Å². The first-order chi connectivity index (χ1) is 17.2. The molecule has 0 bridgehead atoms. The Morgan fingerprint density at radius 3 is 2.42 bits per heavy atom. The fraction of sp³-hybridized carbons (Fsp3) is 0.367. The minimum absolute atomic E-state index is 0.0688. The fourth-order valence-electron chi connectivity index (χ4n) is 4.99. The smallest absolute Gasteiger partial charge is 0.249 e. The SMILES string of the molecule is CN[C@@H](C)C(=O)N[C@H]1CC(C(=O)C(C)C)c2ccccc2N(Cc2c(C)ccc3ccccc23)C1=O. The predicted molar refractivity (Wildman–Crippen MR) is 144 cm³/mol. The van der Waals surface area contributed by atoms with Gasteiger partial charge in [0.1, 0.15) is 11.8 Å². The Bertz CT molecular complexity index is 1300. The summed E-state index contributed by atoms with van der Waals surface area (Å²) in [4.78, 5) is 42.1. The number of carbonyl (C=O) groups excluding carboxylic acids is 3. The number of nitrogens with one attached hydrogen (secondary N) is 2. The molecule has 2 N–H and O–H groups in total. The molecule has 3 aromatic carbocycles. The van der Waals surface area contributed by atoms with E-state index in [0.29, 0.717) is 6.54 Å². The molecule has 188 valence electrons. The molecule has 3 atom stereocenters. The van der Waals surface area contributed by atoms with Crippen molar-refractivity contribution in [3.05, 3.63) is 77.4 Å². The van der Waals surface area contributed by atoms with Gasteiger partial charge in [-0.3, -0.25) is 14.4 Å². The standard InChI is InChI=1S/C30H35N3O3/c1-18(2)28(34)24-16-26(32-29(35)20(4)31-5)30(36)33(27-13-9-8-12-23(24)27)17-25-19(3)14-15-21-10-6-7-11-22(21)25/h6-15,18,20,24,26,31H,16-17H2,1-5H3,(H,32,35)/t20-,24?,26-/m0/s1. The second-order valence-electron chi connectivity index (χ2n) is 9.98. The van der Waals surface area contributed by atoms with Gasteiger partial charge in [-0.1, -0.05) is 68.4 Å². The maximum absolute atomic E-state index is 14.1. The van der Waals surface area contributed by atoms with E-state index >= 15 is 0 Å². The highest BCUT2D eigenvalue weighted by atomic mass is 16.2. The average Bonchev–Trinajstić information content (AvgIpc) is 2.99. The number of benzene rings is 3. The van der Waals surface area contributed by atoms with Gasteiger partial charge in [0.25, 0.3) is 0 Å². The van der Waals surface area contributed by atoms with Gasteiger partial charge in [0.15, 0.2) is 0 Å². The Kier molecular flexibility index (Phi) is 7.55. The number of fused-ring (bicyclic) bond motifs is 2. The van der Waals surface area contributed by atoms with Crippen LogP contribution in [0.4, 0.5) is 5.69 Å². The molecule has 0 aromatic heterocycles. The lowest BCUT2D eigenvalue weighted by molar-refractivity contribution is -0.129. The van der Waals surface area contributed by atoms with E-state index in [0.717, 1.165) is 33.2 Å². The average molecular weight is 486 g/mol. The molecule has 1 heterocycles. The monoisotopic (exact) mass is 485 g/mol. The van der Waals surface area contributed by atoms with Gasteiger partial charge in [-0.2, -0.15) is 0 Å². The maximum atomic E-state index is 14.1. The Morgan fingerprint density at radius 1 is 1.00 bits per heavy atom. The number of hydrogen-bond donors (Lipinski definition) is 2. The molecule has 0 saturated carbocycles. The molecule has 6 nitrogen and oxygen atoms in total. The van der Waals surface area contributed by atoms with Crippen LogP contribution in [0.5, 0.6) is 0 Å². The molecule has 0 fully saturated rings. The lowest BCUT2D eigenvalue weighted by Gasteiger charge is -2.28. The zero-order chi connectivity index (χ0) is 26.0. The first kappa shape index (κ1) is 25.6. The maximum Gasteiger partial charge on any atom is 0.249 e. The van der Waals surface area contributed by atoms with Gasteiger partial charge >= 0.3 is 0 Å². The first-order valence-corrected chi connectivity index (χ1v) is 12.6. The highest BCUT2D eigenvalue weighted by Crippen LogP contribution is 2.38. The van der Waals surface area contributed by atoms with Gasteiger partial charge in [0.05, 0.1) is 12.6 Å². The number of anilines is 1. The number of para-hydroxylation sites is 1. The Morgan fingerprint density at radius 2 is 1.69 bits per heavy atom. The quantitative estimate of drug-likeness (QED) is 0.517. The summed E-state index contributed by atoms with van der Waals surface area (Å²) >= 11 is 0. The minimum Gasteiger partial charge on any atom is -0.343 e. The van der Waals surface area contributed by atoms with E-state index < -0.39 is 18.0 Å². The molecule has 0 saturated heterocycles. The molecule has 1 unspecified atom stereocenters. The molecule has 3 aromatic rings. The van der Waals surface area contributed by atoms with Crippen molar-refractivity contribution >= 4 is 34.1 Å². The third-order valence-corrected chi connectivity index (χ3v) is 7.28. The third-order valence-electron chi connectivity index (χ3n) is 7.28. The van der Waals surface area contributed by atoms with Crippen molar-refractivity contribution in [2.75, 3.05) is 11.9 Å². The van der Waals surface area contributed by atoms with Crippen LogP contribution in [0.15, 0.2) is 60.7 Å². The molecule has 36 heavy (non-hydrogen) atoms. The minimum atomic E-state index is -0.816. The highest BCUT2D eigenvalue weighted by Gasteiger charge is 2.39. The number of ketones is 1.